The van der Waals surface area contributed by atoms with Crippen molar-refractivity contribution in [1.82, 2.24) is 14.1 Å². The van der Waals surface area contributed by atoms with Crippen LogP contribution in [0.5, 0.6) is 11.5 Å². The van der Waals surface area contributed by atoms with E-state index in [0.717, 1.165) is 66.5 Å². The van der Waals surface area contributed by atoms with Gasteiger partial charge in [-0.15, -0.1) is 0 Å². The summed E-state index contributed by atoms with van der Waals surface area (Å²) in [5, 5.41) is 4.49. The molecule has 0 fully saturated rings. The monoisotopic (exact) mass is 650 g/mol. The predicted molar refractivity (Wildman–Crippen MR) is 206 cm³/mol. The van der Waals surface area contributed by atoms with E-state index in [9.17, 15) is 0 Å². The highest BCUT2D eigenvalue weighted by molar-refractivity contribution is 6.11. The standard InChI is InChI=1S/C44H33N5O/c1-29-19-21-36-37-27-45-44(26-43(37)48(41(36)23-29)30-11-4-3-5-12-30)49-38-16-7-6-15-34(38)35-22-20-33(25-42(35)49)50-32-14-10-13-31(24-32)47-28-46(2)39-17-8-9-18-40(39)47/h3-27H,28H2,1-2H3/i2D3. The minimum absolute atomic E-state index is 0.214. The second kappa shape index (κ2) is 11.0. The molecule has 6 aromatic carbocycles. The Hall–Kier alpha value is -6.53. The molecule has 6 nitrogen and oxygen atoms in total. The maximum atomic E-state index is 8.11. The molecular formula is C44H33N5O. The lowest BCUT2D eigenvalue weighted by atomic mass is 10.1. The van der Waals surface area contributed by atoms with Gasteiger partial charge < -0.3 is 19.1 Å². The number of hydrogen-bond donors (Lipinski definition) is 0. The number of aromatic nitrogens is 3. The molecule has 0 aliphatic carbocycles. The number of para-hydroxylation sites is 4. The molecule has 10 rings (SSSR count). The van der Waals surface area contributed by atoms with Crippen LogP contribution in [0.25, 0.3) is 55.1 Å². The van der Waals surface area contributed by atoms with Crippen molar-refractivity contribution in [3.05, 3.63) is 157 Å². The Morgan fingerprint density at radius 3 is 2.16 bits per heavy atom. The van der Waals surface area contributed by atoms with Crippen molar-refractivity contribution in [3.8, 4) is 23.0 Å². The van der Waals surface area contributed by atoms with E-state index in [1.54, 1.807) is 0 Å². The number of rotatable bonds is 5. The van der Waals surface area contributed by atoms with Crippen LogP contribution in [0.2, 0.25) is 0 Å². The summed E-state index contributed by atoms with van der Waals surface area (Å²) < 4.78 is 35.4. The van der Waals surface area contributed by atoms with Gasteiger partial charge in [0.05, 0.1) is 40.1 Å². The van der Waals surface area contributed by atoms with Crippen LogP contribution in [-0.4, -0.2) is 27.8 Å². The molecule has 1 aliphatic heterocycles. The van der Waals surface area contributed by atoms with Gasteiger partial charge in [-0.1, -0.05) is 66.7 Å². The third-order valence-electron chi connectivity index (χ3n) is 9.79. The van der Waals surface area contributed by atoms with E-state index in [1.165, 1.54) is 10.5 Å². The van der Waals surface area contributed by atoms with Crippen LogP contribution in [0.15, 0.2) is 152 Å². The van der Waals surface area contributed by atoms with Gasteiger partial charge >= 0.3 is 0 Å². The van der Waals surface area contributed by atoms with Crippen LogP contribution >= 0.6 is 0 Å². The average Bonchev–Trinajstić information content (AvgIpc) is 3.83. The van der Waals surface area contributed by atoms with Gasteiger partial charge in [0.2, 0.25) is 0 Å². The zero-order valence-electron chi connectivity index (χ0n) is 30.3. The molecule has 0 spiro atoms. The normalized spacial score (nSPS) is 14.0. The summed E-state index contributed by atoms with van der Waals surface area (Å²) in [6, 6.07) is 49.3. The molecule has 0 saturated heterocycles. The molecule has 9 aromatic rings. The molecule has 0 unspecified atom stereocenters. The van der Waals surface area contributed by atoms with Crippen LogP contribution in [0.1, 0.15) is 9.68 Å². The van der Waals surface area contributed by atoms with E-state index in [0.29, 0.717) is 17.2 Å². The average molecular weight is 651 g/mol. The lowest BCUT2D eigenvalue weighted by molar-refractivity contribution is 0.483. The Labute approximate surface area is 293 Å². The molecule has 240 valence electrons. The van der Waals surface area contributed by atoms with Gasteiger partial charge in [0.15, 0.2) is 0 Å². The number of ether oxygens (including phenoxy) is 1. The first kappa shape index (κ1) is 25.5. The first-order valence-corrected chi connectivity index (χ1v) is 16.7. The number of anilines is 3. The molecule has 50 heavy (non-hydrogen) atoms. The fourth-order valence-electron chi connectivity index (χ4n) is 7.54. The maximum absolute atomic E-state index is 8.11. The molecule has 4 heterocycles. The van der Waals surface area contributed by atoms with Crippen molar-refractivity contribution < 1.29 is 8.85 Å². The highest BCUT2D eigenvalue weighted by Gasteiger charge is 2.24. The number of aryl methyl sites for hydroxylation is 1. The number of nitrogens with zero attached hydrogens (tertiary/aromatic N) is 5. The lowest BCUT2D eigenvalue weighted by Gasteiger charge is -2.20. The zero-order valence-corrected chi connectivity index (χ0v) is 27.3. The minimum Gasteiger partial charge on any atom is -0.457 e. The summed E-state index contributed by atoms with van der Waals surface area (Å²) in [4.78, 5) is 8.56. The Bertz CT molecular complexity index is 2880. The van der Waals surface area contributed by atoms with Crippen molar-refractivity contribution in [2.45, 2.75) is 6.92 Å². The molecular weight excluding hydrogens is 615 g/mol. The van der Waals surface area contributed by atoms with Gasteiger partial charge in [-0.25, -0.2) is 4.98 Å². The summed E-state index contributed by atoms with van der Waals surface area (Å²) in [5.41, 5.74) is 8.93. The third kappa shape index (κ3) is 4.38. The quantitative estimate of drug-likeness (QED) is 0.186. The topological polar surface area (TPSA) is 38.5 Å². The number of pyridine rings is 1. The van der Waals surface area contributed by atoms with Crippen molar-refractivity contribution in [2.24, 2.45) is 0 Å². The minimum atomic E-state index is -2.26. The van der Waals surface area contributed by atoms with E-state index in [1.807, 2.05) is 71.8 Å². The van der Waals surface area contributed by atoms with Crippen LogP contribution in [0.4, 0.5) is 17.1 Å². The number of benzene rings is 6. The van der Waals surface area contributed by atoms with Crippen LogP contribution in [-0.2, 0) is 0 Å². The fourth-order valence-corrected chi connectivity index (χ4v) is 7.54. The Kier molecular flexibility index (Phi) is 5.61. The van der Waals surface area contributed by atoms with Gasteiger partial charge in [-0.05, 0) is 73.2 Å². The van der Waals surface area contributed by atoms with Crippen molar-refractivity contribution in [3.63, 3.8) is 0 Å². The summed E-state index contributed by atoms with van der Waals surface area (Å²) in [6.45, 7) is 0.0817. The second-order valence-electron chi connectivity index (χ2n) is 12.9. The largest absolute Gasteiger partial charge is 0.457 e. The van der Waals surface area contributed by atoms with E-state index in [-0.39, 0.29) is 6.67 Å². The molecule has 0 amide bonds. The first-order chi connectivity index (χ1) is 25.8. The Morgan fingerprint density at radius 2 is 1.26 bits per heavy atom. The Morgan fingerprint density at radius 1 is 0.560 bits per heavy atom. The van der Waals surface area contributed by atoms with Gasteiger partial charge in [0.1, 0.15) is 17.3 Å². The van der Waals surface area contributed by atoms with Crippen LogP contribution < -0.4 is 14.5 Å². The molecule has 0 saturated carbocycles. The Balaban J connectivity index is 1.09. The molecule has 0 bridgehead atoms. The first-order valence-electron chi connectivity index (χ1n) is 18.2. The van der Waals surface area contributed by atoms with Gasteiger partial charge in [-0.3, -0.25) is 4.57 Å². The van der Waals surface area contributed by atoms with Crippen molar-refractivity contribution in [2.75, 3.05) is 23.4 Å². The van der Waals surface area contributed by atoms with Crippen molar-refractivity contribution in [1.29, 1.82) is 0 Å². The van der Waals surface area contributed by atoms with Gasteiger partial charge in [-0.2, -0.15) is 0 Å². The molecule has 0 atom stereocenters. The third-order valence-corrected chi connectivity index (χ3v) is 9.79. The van der Waals surface area contributed by atoms with Crippen molar-refractivity contribution >= 4 is 60.7 Å². The molecule has 1 aliphatic rings. The smallest absolute Gasteiger partial charge is 0.139 e. The summed E-state index contributed by atoms with van der Waals surface area (Å²) in [7, 11) is 0. The second-order valence-corrected chi connectivity index (χ2v) is 12.9. The number of fused-ring (bicyclic) bond motifs is 7. The summed E-state index contributed by atoms with van der Waals surface area (Å²) in [6.07, 6.45) is 2.00. The number of hydrogen-bond acceptors (Lipinski definition) is 4. The van der Waals surface area contributed by atoms with Gasteiger partial charge in [0, 0.05) is 68.4 Å². The zero-order chi connectivity index (χ0) is 35.8. The SMILES string of the molecule is [2H]C([2H])([2H])N1CN(c2cccc(Oc3ccc4c5ccccc5n(-c5cc6c(cn5)c5ccc(C)cc5n6-c5ccccc5)c4c3)c2)c2ccccc21. The summed E-state index contributed by atoms with van der Waals surface area (Å²) in [5.74, 6) is 2.14. The highest BCUT2D eigenvalue weighted by Crippen LogP contribution is 2.42. The maximum Gasteiger partial charge on any atom is 0.139 e. The van der Waals surface area contributed by atoms with Crippen LogP contribution in [0, 0.1) is 6.92 Å². The van der Waals surface area contributed by atoms with E-state index in [4.69, 9.17) is 13.8 Å². The molecule has 0 radical (unpaired) electrons. The van der Waals surface area contributed by atoms with Gasteiger partial charge in [0.25, 0.3) is 0 Å². The molecule has 3 aromatic heterocycles. The highest BCUT2D eigenvalue weighted by atomic mass is 16.5. The lowest BCUT2D eigenvalue weighted by Crippen LogP contribution is -2.23. The van der Waals surface area contributed by atoms with Crippen LogP contribution in [0.3, 0.4) is 0 Å². The molecule has 6 heteroatoms. The fraction of sp³-hybridized carbons (Fsp3) is 0.0682. The van der Waals surface area contributed by atoms with E-state index < -0.39 is 6.98 Å². The summed E-state index contributed by atoms with van der Waals surface area (Å²) >= 11 is 0. The molecule has 0 N–H and O–H groups in total. The van der Waals surface area contributed by atoms with E-state index >= 15 is 0 Å². The predicted octanol–water partition coefficient (Wildman–Crippen LogP) is 10.9. The van der Waals surface area contributed by atoms with E-state index in [2.05, 4.69) is 101 Å².